The van der Waals surface area contributed by atoms with Crippen LogP contribution in [0.5, 0.6) is 0 Å². The first kappa shape index (κ1) is 17.2. The van der Waals surface area contributed by atoms with Crippen LogP contribution in [0.15, 0.2) is 10.2 Å². The van der Waals surface area contributed by atoms with E-state index in [0.717, 1.165) is 0 Å². The minimum absolute atomic E-state index is 0.0593. The Labute approximate surface area is 99.4 Å². The predicted molar refractivity (Wildman–Crippen MR) is 70.8 cm³/mol. The quantitative estimate of drug-likeness (QED) is 0.728. The van der Waals surface area contributed by atoms with Gasteiger partial charge in [0.15, 0.2) is 5.78 Å². The van der Waals surface area contributed by atoms with E-state index in [1.165, 1.54) is 12.0 Å². The first-order valence-corrected chi connectivity index (χ1v) is 5.87. The van der Waals surface area contributed by atoms with Gasteiger partial charge in [-0.15, -0.1) is 0 Å². The molecule has 1 aliphatic heterocycles. The third kappa shape index (κ3) is 8.15. The lowest BCUT2D eigenvalue weighted by atomic mass is 9.97. The average molecular weight is 227 g/mol. The molecule has 0 radical (unpaired) electrons. The summed E-state index contributed by atoms with van der Waals surface area (Å²) in [5.74, 6) is 0.0593. The smallest absolute Gasteiger partial charge is 0.153 e. The maximum Gasteiger partial charge on any atom is 0.153 e. The molecule has 0 aromatic heterocycles. The number of carbonyl (C=O) groups excluding carboxylic acids is 1. The predicted octanol–water partition coefficient (Wildman–Crippen LogP) is 2.94. The van der Waals surface area contributed by atoms with Crippen LogP contribution in [0.2, 0.25) is 0 Å². The first-order valence-electron chi connectivity index (χ1n) is 5.87. The highest BCUT2D eigenvalue weighted by Gasteiger charge is 2.17. The largest absolute Gasteiger partial charge is 0.298 e. The summed E-state index contributed by atoms with van der Waals surface area (Å²) in [5.41, 5.74) is -0.0900. The van der Waals surface area contributed by atoms with E-state index in [1.807, 2.05) is 41.5 Å². The minimum atomic E-state index is -0.0900. The molecule has 0 bridgehead atoms. The van der Waals surface area contributed by atoms with E-state index in [9.17, 15) is 4.79 Å². The van der Waals surface area contributed by atoms with Gasteiger partial charge in [-0.1, -0.05) is 27.7 Å². The molecule has 4 nitrogen and oxygen atoms in total. The molecule has 94 valence electrons. The summed E-state index contributed by atoms with van der Waals surface area (Å²) in [4.78, 5) is 10.7. The molecule has 1 heterocycles. The molecular formula is C12H25N3O. The van der Waals surface area contributed by atoms with Crippen molar-refractivity contribution in [3.8, 4) is 0 Å². The highest BCUT2D eigenvalue weighted by molar-refractivity contribution is 5.89. The van der Waals surface area contributed by atoms with Crippen LogP contribution in [0.4, 0.5) is 0 Å². The lowest BCUT2D eigenvalue weighted by Gasteiger charge is -2.21. The molecule has 0 saturated heterocycles. The lowest BCUT2D eigenvalue weighted by Crippen LogP contribution is -2.28. The molecule has 0 aromatic rings. The number of Topliss-reactive ketones (excluding diaryl/α,β-unsaturated/α-hetero) is 1. The van der Waals surface area contributed by atoms with Crippen LogP contribution in [0, 0.1) is 5.41 Å². The normalized spacial score (nSPS) is 15.6. The Hall–Kier alpha value is -1.19. The van der Waals surface area contributed by atoms with Gasteiger partial charge < -0.3 is 0 Å². The van der Waals surface area contributed by atoms with Crippen LogP contribution in [0.25, 0.3) is 0 Å². The summed E-state index contributed by atoms with van der Waals surface area (Å²) in [6.45, 7) is 13.8. The number of carbonyl (C=O) groups is 1. The third-order valence-electron chi connectivity index (χ3n) is 1.41. The van der Waals surface area contributed by atoms with E-state index in [1.54, 1.807) is 12.4 Å². The summed E-state index contributed by atoms with van der Waals surface area (Å²) < 4.78 is 0. The van der Waals surface area contributed by atoms with Crippen molar-refractivity contribution in [2.75, 3.05) is 6.54 Å². The Morgan fingerprint density at radius 1 is 1.12 bits per heavy atom. The molecule has 1 rings (SSSR count). The molecule has 16 heavy (non-hydrogen) atoms. The van der Waals surface area contributed by atoms with Gasteiger partial charge in [-0.2, -0.15) is 15.3 Å². The van der Waals surface area contributed by atoms with Gasteiger partial charge in [0, 0.05) is 17.8 Å². The molecule has 0 saturated carbocycles. The number of ketones is 1. The highest BCUT2D eigenvalue weighted by atomic mass is 16.1. The summed E-state index contributed by atoms with van der Waals surface area (Å²) in [5, 5.41) is 9.42. The second kappa shape index (κ2) is 9.07. The van der Waals surface area contributed by atoms with Crippen molar-refractivity contribution in [1.82, 2.24) is 5.12 Å². The van der Waals surface area contributed by atoms with Crippen LogP contribution in [0.1, 0.15) is 48.5 Å². The fourth-order valence-electron chi connectivity index (χ4n) is 0.775. The number of rotatable bonds is 2. The van der Waals surface area contributed by atoms with Crippen LogP contribution >= 0.6 is 0 Å². The zero-order valence-electron chi connectivity index (χ0n) is 11.6. The van der Waals surface area contributed by atoms with Gasteiger partial charge in [0.1, 0.15) is 6.54 Å². The fourth-order valence-corrected chi connectivity index (χ4v) is 0.775. The monoisotopic (exact) mass is 227 g/mol. The van der Waals surface area contributed by atoms with Crippen molar-refractivity contribution in [3.63, 3.8) is 0 Å². The van der Waals surface area contributed by atoms with Crippen LogP contribution in [-0.2, 0) is 4.79 Å². The van der Waals surface area contributed by atoms with E-state index >= 15 is 0 Å². The second-order valence-electron chi connectivity index (χ2n) is 3.54. The van der Waals surface area contributed by atoms with E-state index in [-0.39, 0.29) is 17.7 Å². The van der Waals surface area contributed by atoms with Crippen LogP contribution in [-0.4, -0.2) is 29.9 Å². The molecule has 0 aliphatic carbocycles. The van der Waals surface area contributed by atoms with Crippen molar-refractivity contribution in [1.29, 1.82) is 0 Å². The zero-order valence-corrected chi connectivity index (χ0v) is 11.6. The van der Waals surface area contributed by atoms with Gasteiger partial charge in [-0.05, 0) is 20.8 Å². The lowest BCUT2D eigenvalue weighted by molar-refractivity contribution is -0.118. The van der Waals surface area contributed by atoms with Crippen molar-refractivity contribution < 1.29 is 4.79 Å². The summed E-state index contributed by atoms with van der Waals surface area (Å²) in [6, 6.07) is 0. The molecule has 4 heteroatoms. The molecule has 0 atom stereocenters. The molecule has 0 aromatic carbocycles. The topological polar surface area (TPSA) is 45.0 Å². The third-order valence-corrected chi connectivity index (χ3v) is 1.41. The Balaban J connectivity index is 0. The number of nitrogens with zero attached hydrogens (tertiary/aromatic N) is 3. The Morgan fingerprint density at radius 3 is 1.81 bits per heavy atom. The molecule has 0 N–H and O–H groups in total. The summed E-state index contributed by atoms with van der Waals surface area (Å²) in [6.07, 6.45) is 3.56. The van der Waals surface area contributed by atoms with Crippen LogP contribution < -0.4 is 0 Å². The van der Waals surface area contributed by atoms with Gasteiger partial charge in [-0.3, -0.25) is 4.79 Å². The van der Waals surface area contributed by atoms with Gasteiger partial charge in [0.25, 0.3) is 0 Å². The van der Waals surface area contributed by atoms with Crippen LogP contribution in [0.3, 0.4) is 0 Å². The van der Waals surface area contributed by atoms with Gasteiger partial charge in [0.05, 0.1) is 0 Å². The number of hydrogen-bond acceptors (Lipinski definition) is 4. The molecule has 0 spiro atoms. The standard InChI is InChI=1S/C8H13N3O.2C2H6/c1-7(12)4-11-9-5-8(2,3)6-10-11;2*1-2/h5-6H,4H2,1-3H3;2*1-2H3. The maximum atomic E-state index is 10.7. The number of hydrogen-bond donors (Lipinski definition) is 0. The highest BCUT2D eigenvalue weighted by Crippen LogP contribution is 2.12. The zero-order chi connectivity index (χ0) is 13.2. The second-order valence-corrected chi connectivity index (χ2v) is 3.54. The Kier molecular flexibility index (Phi) is 9.75. The molecule has 0 fully saturated rings. The van der Waals surface area contributed by atoms with Gasteiger partial charge >= 0.3 is 0 Å². The van der Waals surface area contributed by atoms with Crippen molar-refractivity contribution in [3.05, 3.63) is 0 Å². The fraction of sp³-hybridized carbons (Fsp3) is 0.750. The van der Waals surface area contributed by atoms with Crippen molar-refractivity contribution in [2.24, 2.45) is 15.6 Å². The molecular weight excluding hydrogens is 202 g/mol. The number of hydrazone groups is 2. The summed E-state index contributed by atoms with van der Waals surface area (Å²) in [7, 11) is 0. The van der Waals surface area contributed by atoms with Gasteiger partial charge in [-0.25, -0.2) is 0 Å². The van der Waals surface area contributed by atoms with E-state index in [0.29, 0.717) is 0 Å². The van der Waals surface area contributed by atoms with E-state index in [2.05, 4.69) is 10.2 Å². The first-order chi connectivity index (χ1) is 7.49. The maximum absolute atomic E-state index is 10.7. The van der Waals surface area contributed by atoms with Crippen molar-refractivity contribution in [2.45, 2.75) is 48.5 Å². The van der Waals surface area contributed by atoms with E-state index < -0.39 is 0 Å². The van der Waals surface area contributed by atoms with Gasteiger partial charge in [0.2, 0.25) is 0 Å². The Bertz CT molecular complexity index is 229. The molecule has 0 amide bonds. The van der Waals surface area contributed by atoms with Crippen molar-refractivity contribution >= 4 is 18.2 Å². The molecule has 0 unspecified atom stereocenters. The van der Waals surface area contributed by atoms with E-state index in [4.69, 9.17) is 0 Å². The average Bonchev–Trinajstić information content (AvgIpc) is 2.27. The Morgan fingerprint density at radius 2 is 1.50 bits per heavy atom. The molecule has 1 aliphatic rings. The summed E-state index contributed by atoms with van der Waals surface area (Å²) >= 11 is 0. The minimum Gasteiger partial charge on any atom is -0.298 e. The SMILES string of the molecule is CC.CC.CC(=O)CN1N=CC(C)(C)C=N1.